The highest BCUT2D eigenvalue weighted by molar-refractivity contribution is 6.29. The van der Waals surface area contributed by atoms with Gasteiger partial charge in [-0.15, -0.1) is 0 Å². The van der Waals surface area contributed by atoms with Crippen LogP contribution in [-0.2, 0) is 4.79 Å². The van der Waals surface area contributed by atoms with Crippen molar-refractivity contribution in [2.75, 3.05) is 6.54 Å². The Morgan fingerprint density at radius 1 is 1.19 bits per heavy atom. The van der Waals surface area contributed by atoms with E-state index in [2.05, 4.69) is 9.97 Å². The molecule has 1 aromatic heterocycles. The summed E-state index contributed by atoms with van der Waals surface area (Å²) in [5.41, 5.74) is 0.662. The molecule has 4 aliphatic rings. The number of rotatable bonds is 5. The molecule has 0 N–H and O–H groups in total. The summed E-state index contributed by atoms with van der Waals surface area (Å²) >= 11 is 5.94. The van der Waals surface area contributed by atoms with E-state index >= 15 is 0 Å². The van der Waals surface area contributed by atoms with Crippen LogP contribution in [0.25, 0.3) is 0 Å². The van der Waals surface area contributed by atoms with Crippen LogP contribution >= 0.6 is 11.6 Å². The predicted octanol–water partition coefficient (Wildman–Crippen LogP) is 5.01. The van der Waals surface area contributed by atoms with E-state index in [0.717, 1.165) is 12.8 Å². The molecule has 0 spiro atoms. The first-order chi connectivity index (χ1) is 15.4. The normalized spacial score (nSPS) is 32.3. The van der Waals surface area contributed by atoms with Crippen LogP contribution in [-0.4, -0.2) is 39.6 Å². The molecule has 170 valence electrons. The smallest absolute Gasteiger partial charge is 0.226 e. The Morgan fingerprint density at radius 3 is 2.75 bits per heavy atom. The van der Waals surface area contributed by atoms with E-state index in [9.17, 15) is 13.6 Å². The van der Waals surface area contributed by atoms with E-state index in [0.29, 0.717) is 34.9 Å². The number of carbonyl (C=O) groups is 1. The lowest BCUT2D eigenvalue weighted by atomic mass is 9.54. The first-order valence-corrected chi connectivity index (χ1v) is 11.6. The number of fused-ring (bicyclic) bond motifs is 2. The molecule has 4 fully saturated rings. The van der Waals surface area contributed by atoms with E-state index in [1.54, 1.807) is 23.1 Å². The molecule has 32 heavy (non-hydrogen) atoms. The number of alkyl halides is 1. The van der Waals surface area contributed by atoms with E-state index in [1.807, 2.05) is 6.92 Å². The van der Waals surface area contributed by atoms with Gasteiger partial charge in [0.05, 0.1) is 12.6 Å². The van der Waals surface area contributed by atoms with Crippen LogP contribution in [0.15, 0.2) is 36.7 Å². The number of halogens is 3. The minimum atomic E-state index is -1.09. The summed E-state index contributed by atoms with van der Waals surface area (Å²) in [6.07, 6.45) is 3.03. The second kappa shape index (κ2) is 8.58. The van der Waals surface area contributed by atoms with Crippen LogP contribution < -0.4 is 4.74 Å². The Hall–Kier alpha value is -2.28. The predicted molar refractivity (Wildman–Crippen MR) is 115 cm³/mol. The van der Waals surface area contributed by atoms with Crippen LogP contribution in [0.2, 0.25) is 5.15 Å². The second-order valence-electron chi connectivity index (χ2n) is 9.39. The van der Waals surface area contributed by atoms with Crippen molar-refractivity contribution in [1.29, 1.82) is 0 Å². The molecule has 2 heterocycles. The number of hydrogen-bond acceptors (Lipinski definition) is 4. The van der Waals surface area contributed by atoms with Crippen molar-refractivity contribution < 1.29 is 18.3 Å². The van der Waals surface area contributed by atoms with Crippen molar-refractivity contribution in [1.82, 2.24) is 14.9 Å². The van der Waals surface area contributed by atoms with Gasteiger partial charge in [-0.05, 0) is 61.6 Å². The van der Waals surface area contributed by atoms with Gasteiger partial charge in [0.25, 0.3) is 0 Å². The van der Waals surface area contributed by atoms with Gasteiger partial charge >= 0.3 is 0 Å². The Balaban J connectivity index is 1.31. The zero-order valence-electron chi connectivity index (χ0n) is 17.8. The Morgan fingerprint density at radius 2 is 2.00 bits per heavy atom. The molecular formula is C24H26ClF2N3O2. The Kier molecular flexibility index (Phi) is 5.78. The standard InChI is InChI=1S/C24H26ClF2N3O2/c1-13(32-23-10-22(25)28-12-29-23)19-9-20(16-5-15(19)6-16)24(31)30-11-18(27)8-21(30)14-3-2-4-17(26)7-14/h2-4,7,10,12-13,15-16,18-21H,5-6,8-9,11H2,1H3/t13?,15?,16?,18?,19-,20-,21?/m0/s1. The molecule has 3 unspecified atom stereocenters. The van der Waals surface area contributed by atoms with Crippen molar-refractivity contribution in [3.05, 3.63) is 53.2 Å². The van der Waals surface area contributed by atoms with Gasteiger partial charge in [0.15, 0.2) is 0 Å². The summed E-state index contributed by atoms with van der Waals surface area (Å²) in [5.74, 6) is 0.940. The van der Waals surface area contributed by atoms with Gasteiger partial charge in [0.2, 0.25) is 11.8 Å². The zero-order valence-corrected chi connectivity index (χ0v) is 18.6. The molecule has 1 amide bonds. The molecule has 5 nitrogen and oxygen atoms in total. The third kappa shape index (κ3) is 4.07. The Labute approximate surface area is 191 Å². The Bertz CT molecular complexity index is 1000. The van der Waals surface area contributed by atoms with Crippen molar-refractivity contribution in [3.8, 4) is 5.88 Å². The van der Waals surface area contributed by atoms with Crippen molar-refractivity contribution in [2.45, 2.75) is 50.9 Å². The summed E-state index contributed by atoms with van der Waals surface area (Å²) in [6.45, 7) is 2.08. The summed E-state index contributed by atoms with van der Waals surface area (Å²) in [5, 5.41) is 0.320. The van der Waals surface area contributed by atoms with Gasteiger partial charge in [-0.25, -0.2) is 18.7 Å². The second-order valence-corrected chi connectivity index (χ2v) is 9.78. The molecule has 1 saturated heterocycles. The van der Waals surface area contributed by atoms with E-state index in [4.69, 9.17) is 16.3 Å². The molecule has 0 radical (unpaired) electrons. The van der Waals surface area contributed by atoms with Crippen molar-refractivity contribution in [2.24, 2.45) is 23.7 Å². The van der Waals surface area contributed by atoms with E-state index < -0.39 is 12.2 Å². The number of amides is 1. The number of hydrogen-bond donors (Lipinski definition) is 0. The summed E-state index contributed by atoms with van der Waals surface area (Å²) in [6, 6.07) is 7.34. The van der Waals surface area contributed by atoms with Crippen LogP contribution in [0.1, 0.15) is 44.2 Å². The number of nitrogens with zero attached hydrogens (tertiary/aromatic N) is 3. The third-order valence-electron chi connectivity index (χ3n) is 7.51. The molecule has 8 heteroatoms. The third-order valence-corrected chi connectivity index (χ3v) is 7.72. The fourth-order valence-corrected chi connectivity index (χ4v) is 6.01. The minimum Gasteiger partial charge on any atom is -0.474 e. The number of benzene rings is 1. The molecule has 1 aromatic carbocycles. The van der Waals surface area contributed by atoms with E-state index in [1.165, 1.54) is 18.5 Å². The number of aromatic nitrogens is 2. The van der Waals surface area contributed by atoms with Crippen molar-refractivity contribution >= 4 is 17.5 Å². The maximum atomic E-state index is 14.4. The highest BCUT2D eigenvalue weighted by Gasteiger charge is 2.52. The number of carbonyl (C=O) groups excluding carboxylic acids is 1. The molecular weight excluding hydrogens is 436 g/mol. The molecule has 2 aromatic rings. The number of likely N-dealkylation sites (tertiary alicyclic amines) is 1. The lowest BCUT2D eigenvalue weighted by molar-refractivity contribution is -0.149. The zero-order chi connectivity index (χ0) is 22.4. The van der Waals surface area contributed by atoms with Gasteiger partial charge in [-0.3, -0.25) is 4.79 Å². The molecule has 3 saturated carbocycles. The first-order valence-electron chi connectivity index (χ1n) is 11.2. The summed E-state index contributed by atoms with van der Waals surface area (Å²) < 4.78 is 34.2. The average Bonchev–Trinajstić information content (AvgIpc) is 3.14. The molecule has 3 aliphatic carbocycles. The first kappa shape index (κ1) is 21.6. The topological polar surface area (TPSA) is 55.3 Å². The van der Waals surface area contributed by atoms with Gasteiger partial charge in [0.1, 0.15) is 29.6 Å². The molecule has 6 rings (SSSR count). The van der Waals surface area contributed by atoms with Gasteiger partial charge < -0.3 is 9.64 Å². The fourth-order valence-electron chi connectivity index (χ4n) is 5.87. The highest BCUT2D eigenvalue weighted by Crippen LogP contribution is 2.54. The average molecular weight is 462 g/mol. The van der Waals surface area contributed by atoms with Crippen LogP contribution in [0, 0.1) is 29.5 Å². The molecule has 2 bridgehead atoms. The maximum Gasteiger partial charge on any atom is 0.226 e. The van der Waals surface area contributed by atoms with Gasteiger partial charge in [0, 0.05) is 18.4 Å². The van der Waals surface area contributed by atoms with Crippen molar-refractivity contribution in [3.63, 3.8) is 0 Å². The SMILES string of the molecule is CC(Oc1cc(Cl)ncn1)[C@@H]1C[C@H](C(=O)N2CC(F)CC2c2cccc(F)c2)C2CC1C2. The van der Waals surface area contributed by atoms with Crippen LogP contribution in [0.4, 0.5) is 8.78 Å². The molecule has 5 atom stereocenters. The van der Waals surface area contributed by atoms with E-state index in [-0.39, 0.29) is 42.6 Å². The van der Waals surface area contributed by atoms with Gasteiger partial charge in [-0.1, -0.05) is 23.7 Å². The lowest BCUT2D eigenvalue weighted by Gasteiger charge is -2.53. The minimum absolute atomic E-state index is 0.00941. The summed E-state index contributed by atoms with van der Waals surface area (Å²) in [7, 11) is 0. The lowest BCUT2D eigenvalue weighted by Crippen LogP contribution is -2.52. The highest BCUT2D eigenvalue weighted by atomic mass is 35.5. The quantitative estimate of drug-likeness (QED) is 0.587. The maximum absolute atomic E-state index is 14.4. The van der Waals surface area contributed by atoms with Gasteiger partial charge in [-0.2, -0.15) is 0 Å². The van der Waals surface area contributed by atoms with Crippen LogP contribution in [0.3, 0.4) is 0 Å². The molecule has 1 aliphatic heterocycles. The monoisotopic (exact) mass is 461 g/mol. The summed E-state index contributed by atoms with van der Waals surface area (Å²) in [4.78, 5) is 23.3. The number of ether oxygens (including phenoxy) is 1. The van der Waals surface area contributed by atoms with Crippen LogP contribution in [0.5, 0.6) is 5.88 Å². The largest absolute Gasteiger partial charge is 0.474 e. The fraction of sp³-hybridized carbons (Fsp3) is 0.542.